The lowest BCUT2D eigenvalue weighted by Gasteiger charge is -2.12. The molecule has 2 aromatic rings. The highest BCUT2D eigenvalue weighted by Crippen LogP contribution is 2.38. The van der Waals surface area contributed by atoms with Crippen LogP contribution in [0.2, 0.25) is 0 Å². The fourth-order valence-corrected chi connectivity index (χ4v) is 4.77. The summed E-state index contributed by atoms with van der Waals surface area (Å²) < 4.78 is 7.28. The van der Waals surface area contributed by atoms with Crippen LogP contribution in [0.5, 0.6) is 0 Å². The van der Waals surface area contributed by atoms with Crippen molar-refractivity contribution in [1.82, 2.24) is 4.57 Å². The lowest BCUT2D eigenvalue weighted by Crippen LogP contribution is -2.18. The molecule has 3 rings (SSSR count). The molecule has 1 aliphatic carbocycles. The first-order chi connectivity index (χ1) is 12.8. The number of hydrogen-bond acceptors (Lipinski definition) is 5. The van der Waals surface area contributed by atoms with Crippen molar-refractivity contribution in [3.63, 3.8) is 0 Å². The van der Waals surface area contributed by atoms with Crippen molar-refractivity contribution in [1.29, 1.82) is 0 Å². The van der Waals surface area contributed by atoms with E-state index in [9.17, 15) is 14.4 Å². The van der Waals surface area contributed by atoms with Crippen molar-refractivity contribution in [3.8, 4) is 0 Å². The molecule has 2 heterocycles. The maximum Gasteiger partial charge on any atom is 0.341 e. The molecule has 0 saturated heterocycles. The first-order valence-corrected chi connectivity index (χ1v) is 9.86. The zero-order chi connectivity index (χ0) is 19.7. The first kappa shape index (κ1) is 19.4. The summed E-state index contributed by atoms with van der Waals surface area (Å²) in [5, 5.41) is 3.27. The molecule has 0 aromatic carbocycles. The molecule has 0 spiro atoms. The molecule has 6 nitrogen and oxygen atoms in total. The summed E-state index contributed by atoms with van der Waals surface area (Å²) in [6.45, 7) is 4.89. The van der Waals surface area contributed by atoms with Gasteiger partial charge in [-0.15, -0.1) is 11.3 Å². The Hall–Kier alpha value is -2.41. The summed E-state index contributed by atoms with van der Waals surface area (Å²) in [5.41, 5.74) is 3.76. The fourth-order valence-electron chi connectivity index (χ4n) is 3.45. The van der Waals surface area contributed by atoms with Crippen molar-refractivity contribution in [2.45, 2.75) is 46.5 Å². The van der Waals surface area contributed by atoms with Gasteiger partial charge in [0.2, 0.25) is 11.7 Å². The van der Waals surface area contributed by atoms with Crippen LogP contribution in [0.1, 0.15) is 62.3 Å². The van der Waals surface area contributed by atoms with Crippen molar-refractivity contribution >= 4 is 34.0 Å². The Kier molecular flexibility index (Phi) is 5.51. The molecule has 2 aromatic heterocycles. The van der Waals surface area contributed by atoms with Crippen molar-refractivity contribution < 1.29 is 19.1 Å². The van der Waals surface area contributed by atoms with Gasteiger partial charge in [-0.05, 0) is 51.2 Å². The third-order valence-corrected chi connectivity index (χ3v) is 6.28. The third-order valence-electron chi connectivity index (χ3n) is 5.07. The summed E-state index contributed by atoms with van der Waals surface area (Å²) in [6, 6.07) is 1.81. The SMILES string of the molecule is CC(=O)Nc1sc2c(c1C(=O)OCC(=O)c1cc(C)n(C)c1C)CCCC2. The maximum absolute atomic E-state index is 12.7. The zero-order valence-electron chi connectivity index (χ0n) is 16.1. The van der Waals surface area contributed by atoms with E-state index in [0.29, 0.717) is 16.1 Å². The zero-order valence-corrected chi connectivity index (χ0v) is 16.9. The molecule has 0 unspecified atom stereocenters. The molecular weight excluding hydrogens is 364 g/mol. The summed E-state index contributed by atoms with van der Waals surface area (Å²) >= 11 is 1.44. The van der Waals surface area contributed by atoms with E-state index >= 15 is 0 Å². The largest absolute Gasteiger partial charge is 0.454 e. The van der Waals surface area contributed by atoms with Crippen LogP contribution in [0.25, 0.3) is 0 Å². The number of aromatic nitrogens is 1. The molecule has 1 amide bonds. The number of nitrogens with zero attached hydrogens (tertiary/aromatic N) is 1. The van der Waals surface area contributed by atoms with Gasteiger partial charge in [-0.2, -0.15) is 0 Å². The second-order valence-corrected chi connectivity index (χ2v) is 8.04. The van der Waals surface area contributed by atoms with Crippen LogP contribution in [0, 0.1) is 13.8 Å². The highest BCUT2D eigenvalue weighted by Gasteiger charge is 2.27. The van der Waals surface area contributed by atoms with Crippen LogP contribution >= 0.6 is 11.3 Å². The average molecular weight is 388 g/mol. The molecular formula is C20H24N2O4S. The summed E-state index contributed by atoms with van der Waals surface area (Å²) in [6.07, 6.45) is 3.78. The maximum atomic E-state index is 12.7. The van der Waals surface area contributed by atoms with E-state index in [2.05, 4.69) is 5.32 Å². The molecule has 27 heavy (non-hydrogen) atoms. The van der Waals surface area contributed by atoms with E-state index in [1.807, 2.05) is 25.5 Å². The fraction of sp³-hybridized carbons (Fsp3) is 0.450. The Bertz CT molecular complexity index is 923. The molecule has 0 aliphatic heterocycles. The molecule has 1 N–H and O–H groups in total. The van der Waals surface area contributed by atoms with E-state index in [1.165, 1.54) is 18.3 Å². The van der Waals surface area contributed by atoms with Gasteiger partial charge in [0.05, 0.1) is 5.56 Å². The summed E-state index contributed by atoms with van der Waals surface area (Å²) in [5.74, 6) is -0.999. The van der Waals surface area contributed by atoms with Gasteiger partial charge in [-0.3, -0.25) is 9.59 Å². The Morgan fingerprint density at radius 3 is 2.56 bits per heavy atom. The number of carbonyl (C=O) groups is 3. The van der Waals surface area contributed by atoms with Crippen LogP contribution in [0.15, 0.2) is 6.07 Å². The van der Waals surface area contributed by atoms with E-state index in [4.69, 9.17) is 4.74 Å². The van der Waals surface area contributed by atoms with Crippen molar-refractivity contribution in [3.05, 3.63) is 39.0 Å². The smallest absolute Gasteiger partial charge is 0.341 e. The molecule has 0 bridgehead atoms. The van der Waals surface area contributed by atoms with Crippen LogP contribution in [-0.2, 0) is 29.4 Å². The molecule has 0 fully saturated rings. The number of esters is 1. The molecule has 0 atom stereocenters. The number of rotatable bonds is 5. The van der Waals surface area contributed by atoms with E-state index in [-0.39, 0.29) is 18.3 Å². The highest BCUT2D eigenvalue weighted by molar-refractivity contribution is 7.17. The normalized spacial score (nSPS) is 13.2. The van der Waals surface area contributed by atoms with Gasteiger partial charge in [0, 0.05) is 35.8 Å². The van der Waals surface area contributed by atoms with E-state index < -0.39 is 5.97 Å². The Labute approximate surface area is 162 Å². The lowest BCUT2D eigenvalue weighted by atomic mass is 9.95. The average Bonchev–Trinajstić information content (AvgIpc) is 3.11. The second-order valence-electron chi connectivity index (χ2n) is 6.94. The Balaban J connectivity index is 1.79. The second kappa shape index (κ2) is 7.68. The number of anilines is 1. The van der Waals surface area contributed by atoms with E-state index in [0.717, 1.165) is 47.5 Å². The number of hydrogen-bond donors (Lipinski definition) is 1. The summed E-state index contributed by atoms with van der Waals surface area (Å²) in [7, 11) is 1.89. The van der Waals surface area contributed by atoms with Crippen LogP contribution in [0.3, 0.4) is 0 Å². The Morgan fingerprint density at radius 2 is 1.93 bits per heavy atom. The van der Waals surface area contributed by atoms with Gasteiger partial charge >= 0.3 is 5.97 Å². The summed E-state index contributed by atoms with van der Waals surface area (Å²) in [4.78, 5) is 37.9. The minimum atomic E-state index is -0.545. The van der Waals surface area contributed by atoms with Gasteiger partial charge in [0.1, 0.15) is 5.00 Å². The number of nitrogens with one attached hydrogen (secondary N) is 1. The number of ether oxygens (including phenoxy) is 1. The number of ketones is 1. The predicted molar refractivity (Wildman–Crippen MR) is 105 cm³/mol. The third kappa shape index (κ3) is 3.83. The lowest BCUT2D eigenvalue weighted by molar-refractivity contribution is -0.114. The minimum absolute atomic E-state index is 0.227. The number of aryl methyl sites for hydroxylation is 2. The number of Topliss-reactive ketones (excluding diaryl/α,β-unsaturated/α-hetero) is 1. The standard InChI is InChI=1S/C20H24N2O4S/c1-11-9-15(12(2)22(11)4)16(24)10-26-20(25)18-14-7-5-6-8-17(14)27-19(18)21-13(3)23/h9H,5-8,10H2,1-4H3,(H,21,23). The van der Waals surface area contributed by atoms with Gasteiger partial charge in [-0.25, -0.2) is 4.79 Å². The highest BCUT2D eigenvalue weighted by atomic mass is 32.1. The van der Waals surface area contributed by atoms with Crippen LogP contribution in [0.4, 0.5) is 5.00 Å². The van der Waals surface area contributed by atoms with Gasteiger partial charge in [0.15, 0.2) is 6.61 Å². The van der Waals surface area contributed by atoms with Gasteiger partial charge in [0.25, 0.3) is 0 Å². The van der Waals surface area contributed by atoms with Crippen LogP contribution in [-0.4, -0.2) is 28.8 Å². The van der Waals surface area contributed by atoms with Crippen molar-refractivity contribution in [2.75, 3.05) is 11.9 Å². The number of thiophene rings is 1. The number of carbonyl (C=O) groups excluding carboxylic acids is 3. The monoisotopic (exact) mass is 388 g/mol. The van der Waals surface area contributed by atoms with Crippen molar-refractivity contribution in [2.24, 2.45) is 7.05 Å². The van der Waals surface area contributed by atoms with Gasteiger partial charge < -0.3 is 14.6 Å². The molecule has 0 saturated carbocycles. The van der Waals surface area contributed by atoms with Gasteiger partial charge in [-0.1, -0.05) is 0 Å². The Morgan fingerprint density at radius 1 is 1.22 bits per heavy atom. The first-order valence-electron chi connectivity index (χ1n) is 9.05. The molecule has 1 aliphatic rings. The minimum Gasteiger partial charge on any atom is -0.454 e. The van der Waals surface area contributed by atoms with E-state index in [1.54, 1.807) is 6.07 Å². The molecule has 0 radical (unpaired) electrons. The molecule has 7 heteroatoms. The predicted octanol–water partition coefficient (Wildman–Crippen LogP) is 3.58. The number of fused-ring (bicyclic) bond motifs is 1. The number of amides is 1. The van der Waals surface area contributed by atoms with Crippen LogP contribution < -0.4 is 5.32 Å². The quantitative estimate of drug-likeness (QED) is 0.627. The molecule has 144 valence electrons. The topological polar surface area (TPSA) is 77.4 Å².